The van der Waals surface area contributed by atoms with Crippen molar-refractivity contribution in [1.82, 2.24) is 4.90 Å². The quantitative estimate of drug-likeness (QED) is 0.801. The van der Waals surface area contributed by atoms with Crippen molar-refractivity contribution in [2.45, 2.75) is 25.7 Å². The van der Waals surface area contributed by atoms with Crippen molar-refractivity contribution in [3.8, 4) is 5.75 Å². The highest BCUT2D eigenvalue weighted by Crippen LogP contribution is 2.12. The number of methoxy groups -OCH3 is 1. The fourth-order valence-electron chi connectivity index (χ4n) is 1.88. The van der Waals surface area contributed by atoms with Gasteiger partial charge in [-0.15, -0.1) is 12.4 Å². The highest BCUT2D eigenvalue weighted by atomic mass is 35.5. The predicted octanol–water partition coefficient (Wildman–Crippen LogP) is 2.25. The van der Waals surface area contributed by atoms with Crippen molar-refractivity contribution in [2.75, 3.05) is 27.2 Å². The van der Waals surface area contributed by atoms with Crippen LogP contribution in [0.25, 0.3) is 0 Å². The molecule has 0 aliphatic heterocycles. The van der Waals surface area contributed by atoms with E-state index in [0.29, 0.717) is 13.0 Å². The molecule has 2 N–H and O–H groups in total. The Hall–Kier alpha value is -1.26. The summed E-state index contributed by atoms with van der Waals surface area (Å²) < 4.78 is 5.12. The third kappa shape index (κ3) is 6.78. The third-order valence-electron chi connectivity index (χ3n) is 3.14. The molecule has 1 aromatic rings. The van der Waals surface area contributed by atoms with Crippen LogP contribution in [0.5, 0.6) is 5.75 Å². The summed E-state index contributed by atoms with van der Waals surface area (Å²) in [7, 11) is 3.52. The van der Waals surface area contributed by atoms with E-state index in [0.717, 1.165) is 31.6 Å². The van der Waals surface area contributed by atoms with E-state index in [2.05, 4.69) is 12.1 Å². The van der Waals surface area contributed by atoms with E-state index < -0.39 is 0 Å². The number of hydrogen-bond acceptors (Lipinski definition) is 3. The van der Waals surface area contributed by atoms with Crippen LogP contribution in [0.2, 0.25) is 0 Å². The van der Waals surface area contributed by atoms with Crippen molar-refractivity contribution in [2.24, 2.45) is 5.73 Å². The molecule has 0 aromatic heterocycles. The molecule has 0 radical (unpaired) electrons. The van der Waals surface area contributed by atoms with Gasteiger partial charge in [-0.3, -0.25) is 4.79 Å². The van der Waals surface area contributed by atoms with Gasteiger partial charge in [-0.1, -0.05) is 12.1 Å². The lowest BCUT2D eigenvalue weighted by atomic mass is 10.1. The Bertz CT molecular complexity index is 382. The summed E-state index contributed by atoms with van der Waals surface area (Å²) in [4.78, 5) is 13.5. The topological polar surface area (TPSA) is 55.6 Å². The normalized spacial score (nSPS) is 9.75. The number of rotatable bonds is 8. The standard InChI is InChI=1S/C15H24N2O2.ClH/c1-17(15(18)6-3-11-16)12-4-5-13-7-9-14(19-2)10-8-13;/h7-10H,3-6,11-12,16H2,1-2H3;1H. The van der Waals surface area contributed by atoms with Crippen LogP contribution in [0, 0.1) is 0 Å². The zero-order chi connectivity index (χ0) is 14.1. The van der Waals surface area contributed by atoms with Gasteiger partial charge in [0.05, 0.1) is 7.11 Å². The van der Waals surface area contributed by atoms with Crippen molar-refractivity contribution in [1.29, 1.82) is 0 Å². The molecule has 0 unspecified atom stereocenters. The van der Waals surface area contributed by atoms with Crippen LogP contribution < -0.4 is 10.5 Å². The largest absolute Gasteiger partial charge is 0.497 e. The first-order valence-electron chi connectivity index (χ1n) is 6.74. The second kappa shape index (κ2) is 10.5. The Balaban J connectivity index is 0.00000361. The van der Waals surface area contributed by atoms with Gasteiger partial charge in [0, 0.05) is 20.0 Å². The van der Waals surface area contributed by atoms with E-state index in [1.165, 1.54) is 5.56 Å². The Kier molecular flexibility index (Phi) is 9.86. The zero-order valence-electron chi connectivity index (χ0n) is 12.3. The van der Waals surface area contributed by atoms with Crippen LogP contribution in [-0.4, -0.2) is 38.1 Å². The Morgan fingerprint density at radius 2 is 1.90 bits per heavy atom. The molecule has 1 rings (SSSR count). The van der Waals surface area contributed by atoms with E-state index in [1.54, 1.807) is 12.0 Å². The predicted molar refractivity (Wildman–Crippen MR) is 84.5 cm³/mol. The molecule has 0 saturated carbocycles. The second-order valence-corrected chi connectivity index (χ2v) is 4.66. The number of amides is 1. The number of benzene rings is 1. The molecular weight excluding hydrogens is 276 g/mol. The maximum absolute atomic E-state index is 11.7. The molecule has 0 saturated heterocycles. The molecule has 0 spiro atoms. The lowest BCUT2D eigenvalue weighted by Crippen LogP contribution is -2.28. The third-order valence-corrected chi connectivity index (χ3v) is 3.14. The van der Waals surface area contributed by atoms with Gasteiger partial charge in [-0.25, -0.2) is 0 Å². The molecule has 0 fully saturated rings. The minimum absolute atomic E-state index is 0. The highest BCUT2D eigenvalue weighted by molar-refractivity contribution is 5.85. The Morgan fingerprint density at radius 3 is 2.45 bits per heavy atom. The van der Waals surface area contributed by atoms with Crippen LogP contribution >= 0.6 is 12.4 Å². The molecule has 1 aromatic carbocycles. The van der Waals surface area contributed by atoms with Gasteiger partial charge in [0.1, 0.15) is 5.75 Å². The summed E-state index contributed by atoms with van der Waals surface area (Å²) in [5.41, 5.74) is 6.66. The van der Waals surface area contributed by atoms with Crippen LogP contribution in [0.15, 0.2) is 24.3 Å². The minimum Gasteiger partial charge on any atom is -0.497 e. The monoisotopic (exact) mass is 300 g/mol. The Labute approximate surface area is 127 Å². The number of carbonyl (C=O) groups excluding carboxylic acids is 1. The number of ether oxygens (including phenoxy) is 1. The summed E-state index contributed by atoms with van der Waals surface area (Å²) in [5, 5.41) is 0. The van der Waals surface area contributed by atoms with Gasteiger partial charge in [0.2, 0.25) is 5.91 Å². The Morgan fingerprint density at radius 1 is 1.25 bits per heavy atom. The van der Waals surface area contributed by atoms with Gasteiger partial charge < -0.3 is 15.4 Å². The van der Waals surface area contributed by atoms with Crippen molar-refractivity contribution in [3.05, 3.63) is 29.8 Å². The number of aryl methyl sites for hydroxylation is 1. The average Bonchev–Trinajstić information content (AvgIpc) is 2.45. The first kappa shape index (κ1) is 18.7. The van der Waals surface area contributed by atoms with E-state index in [9.17, 15) is 4.79 Å². The molecule has 0 aliphatic rings. The highest BCUT2D eigenvalue weighted by Gasteiger charge is 2.07. The first-order valence-corrected chi connectivity index (χ1v) is 6.74. The summed E-state index contributed by atoms with van der Waals surface area (Å²) in [6.07, 6.45) is 3.26. The molecule has 0 aliphatic carbocycles. The molecule has 114 valence electrons. The number of halogens is 1. The molecule has 1 amide bonds. The fraction of sp³-hybridized carbons (Fsp3) is 0.533. The SMILES string of the molecule is COc1ccc(CCCN(C)C(=O)CCCN)cc1.Cl. The van der Waals surface area contributed by atoms with E-state index in [1.807, 2.05) is 19.2 Å². The second-order valence-electron chi connectivity index (χ2n) is 4.66. The van der Waals surface area contributed by atoms with Crippen LogP contribution in [0.3, 0.4) is 0 Å². The lowest BCUT2D eigenvalue weighted by Gasteiger charge is -2.16. The molecule has 4 nitrogen and oxygen atoms in total. The maximum Gasteiger partial charge on any atom is 0.222 e. The fourth-order valence-corrected chi connectivity index (χ4v) is 1.88. The summed E-state index contributed by atoms with van der Waals surface area (Å²) in [5.74, 6) is 1.05. The lowest BCUT2D eigenvalue weighted by molar-refractivity contribution is -0.130. The van der Waals surface area contributed by atoms with Crippen molar-refractivity contribution >= 4 is 18.3 Å². The van der Waals surface area contributed by atoms with Crippen molar-refractivity contribution < 1.29 is 9.53 Å². The van der Waals surface area contributed by atoms with E-state index in [-0.39, 0.29) is 18.3 Å². The van der Waals surface area contributed by atoms with Crippen LogP contribution in [0.1, 0.15) is 24.8 Å². The number of hydrogen-bond donors (Lipinski definition) is 1. The number of nitrogens with zero attached hydrogens (tertiary/aromatic N) is 1. The van der Waals surface area contributed by atoms with Gasteiger partial charge >= 0.3 is 0 Å². The van der Waals surface area contributed by atoms with Gasteiger partial charge in [-0.2, -0.15) is 0 Å². The van der Waals surface area contributed by atoms with Gasteiger partial charge in [0.25, 0.3) is 0 Å². The summed E-state index contributed by atoms with van der Waals surface area (Å²) in [6, 6.07) is 8.06. The van der Waals surface area contributed by atoms with Crippen LogP contribution in [0.4, 0.5) is 0 Å². The van der Waals surface area contributed by atoms with Gasteiger partial charge in [0.15, 0.2) is 0 Å². The molecule has 20 heavy (non-hydrogen) atoms. The molecule has 0 heterocycles. The van der Waals surface area contributed by atoms with Gasteiger partial charge in [-0.05, 0) is 43.5 Å². The molecular formula is C15H25ClN2O2. The smallest absolute Gasteiger partial charge is 0.222 e. The number of carbonyl (C=O) groups is 1. The first-order chi connectivity index (χ1) is 9.17. The summed E-state index contributed by atoms with van der Waals surface area (Å²) in [6.45, 7) is 1.36. The molecule has 5 heteroatoms. The molecule has 0 bridgehead atoms. The number of nitrogens with two attached hydrogens (primary N) is 1. The maximum atomic E-state index is 11.7. The average molecular weight is 301 g/mol. The minimum atomic E-state index is 0. The summed E-state index contributed by atoms with van der Waals surface area (Å²) >= 11 is 0. The van der Waals surface area contributed by atoms with E-state index in [4.69, 9.17) is 10.5 Å². The zero-order valence-corrected chi connectivity index (χ0v) is 13.1. The van der Waals surface area contributed by atoms with Crippen molar-refractivity contribution in [3.63, 3.8) is 0 Å². The van der Waals surface area contributed by atoms with Crippen LogP contribution in [-0.2, 0) is 11.2 Å². The van der Waals surface area contributed by atoms with E-state index >= 15 is 0 Å². The molecule has 0 atom stereocenters.